The van der Waals surface area contributed by atoms with E-state index in [0.29, 0.717) is 44.4 Å². The molecule has 3 heterocycles. The lowest BCUT2D eigenvalue weighted by atomic mass is 9.95. The van der Waals surface area contributed by atoms with E-state index in [2.05, 4.69) is 10.2 Å². The fourth-order valence-electron chi connectivity index (χ4n) is 4.39. The van der Waals surface area contributed by atoms with Gasteiger partial charge in [0.25, 0.3) is 0 Å². The van der Waals surface area contributed by atoms with E-state index in [0.717, 1.165) is 38.8 Å². The molecule has 0 radical (unpaired) electrons. The third-order valence-corrected chi connectivity index (χ3v) is 7.82. The molecule has 1 amide bonds. The maximum atomic E-state index is 13.0. The molecular formula is C17H31N3O3S. The summed E-state index contributed by atoms with van der Waals surface area (Å²) in [5.41, 5.74) is 0. The van der Waals surface area contributed by atoms with E-state index in [1.165, 1.54) is 0 Å². The van der Waals surface area contributed by atoms with Gasteiger partial charge in [0.15, 0.2) is 0 Å². The second-order valence-corrected chi connectivity index (χ2v) is 9.55. The van der Waals surface area contributed by atoms with E-state index in [9.17, 15) is 13.2 Å². The average Bonchev–Trinajstić information content (AvgIpc) is 2.85. The standard InChI is InChI=1S/C17H31N3O3S/c1-2-3-12-24(22,23)19-10-7-14(8-11-19)17(21)20-15-4-5-16(20)13-18-9-6-15/h14-16,18H,2-13H2,1H3. The molecule has 3 aliphatic heterocycles. The van der Waals surface area contributed by atoms with Crippen LogP contribution in [0.15, 0.2) is 0 Å². The monoisotopic (exact) mass is 357 g/mol. The zero-order valence-corrected chi connectivity index (χ0v) is 15.6. The minimum atomic E-state index is -3.14. The van der Waals surface area contributed by atoms with Crippen LogP contribution in [0.3, 0.4) is 0 Å². The molecule has 0 aliphatic carbocycles. The summed E-state index contributed by atoms with van der Waals surface area (Å²) in [6.45, 7) is 4.92. The van der Waals surface area contributed by atoms with Crippen molar-refractivity contribution in [3.63, 3.8) is 0 Å². The molecule has 3 rings (SSSR count). The van der Waals surface area contributed by atoms with Crippen LogP contribution in [0.25, 0.3) is 0 Å². The van der Waals surface area contributed by atoms with Gasteiger partial charge in [-0.05, 0) is 45.1 Å². The predicted octanol–water partition coefficient (Wildman–Crippen LogP) is 1.18. The predicted molar refractivity (Wildman–Crippen MR) is 94.1 cm³/mol. The Morgan fingerprint density at radius 2 is 1.79 bits per heavy atom. The van der Waals surface area contributed by atoms with Crippen molar-refractivity contribution in [2.75, 3.05) is 31.9 Å². The molecule has 3 saturated heterocycles. The third-order valence-electron chi connectivity index (χ3n) is 5.86. The molecule has 6 nitrogen and oxygen atoms in total. The fraction of sp³-hybridized carbons (Fsp3) is 0.941. The molecule has 24 heavy (non-hydrogen) atoms. The SMILES string of the molecule is CCCCS(=O)(=O)N1CCC(C(=O)N2C3CCNCC2CC3)CC1. The van der Waals surface area contributed by atoms with Gasteiger partial charge in [-0.2, -0.15) is 0 Å². The fourth-order valence-corrected chi connectivity index (χ4v) is 6.07. The number of piperidine rings is 1. The molecule has 2 unspecified atom stereocenters. The smallest absolute Gasteiger partial charge is 0.226 e. The Kier molecular flexibility index (Phi) is 5.82. The molecule has 0 spiro atoms. The Morgan fingerprint density at radius 1 is 1.08 bits per heavy atom. The largest absolute Gasteiger partial charge is 0.335 e. The lowest BCUT2D eigenvalue weighted by molar-refractivity contribution is -0.139. The number of nitrogens with one attached hydrogen (secondary N) is 1. The van der Waals surface area contributed by atoms with E-state index in [1.54, 1.807) is 4.31 Å². The number of hydrogen-bond acceptors (Lipinski definition) is 4. The van der Waals surface area contributed by atoms with Gasteiger partial charge in [0.1, 0.15) is 0 Å². The summed E-state index contributed by atoms with van der Waals surface area (Å²) >= 11 is 0. The number of rotatable bonds is 5. The first kappa shape index (κ1) is 18.1. The summed E-state index contributed by atoms with van der Waals surface area (Å²) in [6, 6.07) is 0.736. The number of nitrogens with zero attached hydrogens (tertiary/aromatic N) is 2. The van der Waals surface area contributed by atoms with Gasteiger partial charge in [-0.15, -0.1) is 0 Å². The zero-order chi connectivity index (χ0) is 17.2. The Hall–Kier alpha value is -0.660. The first-order chi connectivity index (χ1) is 11.5. The van der Waals surface area contributed by atoms with E-state index < -0.39 is 10.0 Å². The van der Waals surface area contributed by atoms with Crippen molar-refractivity contribution in [1.29, 1.82) is 0 Å². The molecule has 0 saturated carbocycles. The number of sulfonamides is 1. The van der Waals surface area contributed by atoms with E-state index in [4.69, 9.17) is 0 Å². The first-order valence-electron chi connectivity index (χ1n) is 9.53. The second kappa shape index (κ2) is 7.70. The maximum Gasteiger partial charge on any atom is 0.226 e. The van der Waals surface area contributed by atoms with Crippen LogP contribution in [-0.4, -0.2) is 67.5 Å². The van der Waals surface area contributed by atoms with Crippen LogP contribution in [0.2, 0.25) is 0 Å². The van der Waals surface area contributed by atoms with Gasteiger partial charge in [0.2, 0.25) is 15.9 Å². The molecule has 2 bridgehead atoms. The number of carbonyl (C=O) groups excluding carboxylic acids is 1. The van der Waals surface area contributed by atoms with Gasteiger partial charge >= 0.3 is 0 Å². The van der Waals surface area contributed by atoms with E-state index >= 15 is 0 Å². The van der Waals surface area contributed by atoms with Crippen LogP contribution >= 0.6 is 0 Å². The minimum Gasteiger partial charge on any atom is -0.335 e. The Morgan fingerprint density at radius 3 is 2.50 bits per heavy atom. The van der Waals surface area contributed by atoms with Crippen LogP contribution in [0, 0.1) is 5.92 Å². The molecule has 3 aliphatic rings. The van der Waals surface area contributed by atoms with Crippen molar-refractivity contribution in [1.82, 2.24) is 14.5 Å². The highest BCUT2D eigenvalue weighted by atomic mass is 32.2. The number of fused-ring (bicyclic) bond motifs is 2. The molecule has 7 heteroatoms. The highest BCUT2D eigenvalue weighted by Gasteiger charge is 2.41. The Bertz CT molecular complexity index is 529. The summed E-state index contributed by atoms with van der Waals surface area (Å²) in [6.07, 6.45) is 6.23. The first-order valence-corrected chi connectivity index (χ1v) is 11.1. The van der Waals surface area contributed by atoms with Crippen molar-refractivity contribution < 1.29 is 13.2 Å². The van der Waals surface area contributed by atoms with Crippen LogP contribution in [0.5, 0.6) is 0 Å². The Balaban J connectivity index is 1.57. The topological polar surface area (TPSA) is 69.7 Å². The molecule has 138 valence electrons. The number of unbranched alkanes of at least 4 members (excludes halogenated alkanes) is 1. The summed E-state index contributed by atoms with van der Waals surface area (Å²) in [4.78, 5) is 15.2. The van der Waals surface area contributed by atoms with Gasteiger partial charge in [-0.3, -0.25) is 4.79 Å². The lowest BCUT2D eigenvalue weighted by Crippen LogP contribution is -2.49. The number of hydrogen-bond donors (Lipinski definition) is 1. The zero-order valence-electron chi connectivity index (χ0n) is 14.7. The highest BCUT2D eigenvalue weighted by molar-refractivity contribution is 7.89. The molecule has 3 fully saturated rings. The van der Waals surface area contributed by atoms with Gasteiger partial charge in [-0.25, -0.2) is 12.7 Å². The van der Waals surface area contributed by atoms with Crippen molar-refractivity contribution in [2.24, 2.45) is 5.92 Å². The molecule has 2 atom stereocenters. The van der Waals surface area contributed by atoms with Crippen molar-refractivity contribution in [3.05, 3.63) is 0 Å². The van der Waals surface area contributed by atoms with Crippen LogP contribution in [0.1, 0.15) is 51.9 Å². The number of amides is 1. The van der Waals surface area contributed by atoms with E-state index in [-0.39, 0.29) is 17.6 Å². The van der Waals surface area contributed by atoms with Gasteiger partial charge in [0.05, 0.1) is 5.75 Å². The molecule has 0 aromatic rings. The van der Waals surface area contributed by atoms with Crippen molar-refractivity contribution in [3.8, 4) is 0 Å². The lowest BCUT2D eigenvalue weighted by Gasteiger charge is -2.36. The average molecular weight is 358 g/mol. The minimum absolute atomic E-state index is 0.00354. The van der Waals surface area contributed by atoms with Crippen LogP contribution in [0.4, 0.5) is 0 Å². The van der Waals surface area contributed by atoms with Gasteiger partial charge in [0, 0.05) is 37.6 Å². The quantitative estimate of drug-likeness (QED) is 0.802. The third kappa shape index (κ3) is 3.78. The molecule has 0 aromatic carbocycles. The summed E-state index contributed by atoms with van der Waals surface area (Å²) < 4.78 is 26.2. The highest BCUT2D eigenvalue weighted by Crippen LogP contribution is 2.32. The van der Waals surface area contributed by atoms with Gasteiger partial charge < -0.3 is 10.2 Å². The van der Waals surface area contributed by atoms with E-state index in [1.807, 2.05) is 6.92 Å². The summed E-state index contributed by atoms with van der Waals surface area (Å²) in [5, 5.41) is 3.43. The normalized spacial score (nSPS) is 29.6. The van der Waals surface area contributed by atoms with Crippen LogP contribution < -0.4 is 5.32 Å². The molecule has 1 N–H and O–H groups in total. The van der Waals surface area contributed by atoms with Gasteiger partial charge in [-0.1, -0.05) is 13.3 Å². The van der Waals surface area contributed by atoms with Crippen LogP contribution in [-0.2, 0) is 14.8 Å². The Labute approximate surface area is 146 Å². The van der Waals surface area contributed by atoms with Crippen molar-refractivity contribution in [2.45, 2.75) is 64.0 Å². The van der Waals surface area contributed by atoms with Crippen molar-refractivity contribution >= 4 is 15.9 Å². The summed E-state index contributed by atoms with van der Waals surface area (Å²) in [5.74, 6) is 0.518. The molecule has 0 aromatic heterocycles. The summed E-state index contributed by atoms with van der Waals surface area (Å²) in [7, 11) is -3.14. The molecular weight excluding hydrogens is 326 g/mol. The maximum absolute atomic E-state index is 13.0. The number of carbonyl (C=O) groups is 1. The second-order valence-electron chi connectivity index (χ2n) is 7.47.